The first-order valence-corrected chi connectivity index (χ1v) is 8.88. The Hall–Kier alpha value is -1.42. The topological polar surface area (TPSA) is 74.6 Å². The highest BCUT2D eigenvalue weighted by Gasteiger charge is 2.57. The third kappa shape index (κ3) is 2.22. The summed E-state index contributed by atoms with van der Waals surface area (Å²) in [6.07, 6.45) is 7.14. The molecule has 0 spiro atoms. The van der Waals surface area contributed by atoms with Crippen molar-refractivity contribution in [1.82, 2.24) is 0 Å². The lowest BCUT2D eigenvalue weighted by Gasteiger charge is -2.56. The van der Waals surface area contributed by atoms with Crippen LogP contribution in [0.4, 0.5) is 0 Å². The van der Waals surface area contributed by atoms with Crippen molar-refractivity contribution in [1.29, 1.82) is 0 Å². The number of allylic oxidation sites excluding steroid dienone is 4. The van der Waals surface area contributed by atoms with Crippen molar-refractivity contribution < 1.29 is 19.8 Å². The van der Waals surface area contributed by atoms with Crippen LogP contribution in [0.5, 0.6) is 0 Å². The Morgan fingerprint density at radius 2 is 1.88 bits per heavy atom. The van der Waals surface area contributed by atoms with Gasteiger partial charge in [-0.05, 0) is 55.9 Å². The first kappa shape index (κ1) is 17.4. The van der Waals surface area contributed by atoms with Gasteiger partial charge in [0, 0.05) is 10.8 Å². The molecule has 2 N–H and O–H groups in total. The molecule has 3 aliphatic carbocycles. The Bertz CT molecular complexity index is 657. The molecule has 0 aromatic rings. The lowest BCUT2D eigenvalue weighted by atomic mass is 9.47. The number of fused-ring (bicyclic) bond motifs is 3. The highest BCUT2D eigenvalue weighted by molar-refractivity contribution is 5.98. The fourth-order valence-electron chi connectivity index (χ4n) is 5.62. The van der Waals surface area contributed by atoms with E-state index < -0.39 is 17.4 Å². The molecule has 24 heavy (non-hydrogen) atoms. The molecule has 3 rings (SSSR count). The fourth-order valence-corrected chi connectivity index (χ4v) is 5.62. The van der Waals surface area contributed by atoms with E-state index in [9.17, 15) is 19.8 Å². The molecule has 1 saturated carbocycles. The first-order valence-electron chi connectivity index (χ1n) is 8.88. The SMILES string of the molecule is CC1(C)C(=O)C(O)=C[C@]2(C)[C@H]3CC[C@@](C)(C(=O)CO)C=C3CC[C@@H]12. The summed E-state index contributed by atoms with van der Waals surface area (Å²) < 4.78 is 0. The lowest BCUT2D eigenvalue weighted by Crippen LogP contribution is -2.53. The number of carbonyl (C=O) groups excluding carboxylic acids is 2. The molecular formula is C20H28O4. The molecule has 0 bridgehead atoms. The quantitative estimate of drug-likeness (QED) is 0.760. The number of hydrogen-bond acceptors (Lipinski definition) is 4. The van der Waals surface area contributed by atoms with E-state index in [0.717, 1.165) is 19.3 Å². The molecule has 132 valence electrons. The van der Waals surface area contributed by atoms with Crippen molar-refractivity contribution >= 4 is 11.6 Å². The Labute approximate surface area is 143 Å². The van der Waals surface area contributed by atoms with Crippen LogP contribution in [0.25, 0.3) is 0 Å². The van der Waals surface area contributed by atoms with Gasteiger partial charge in [0.05, 0.1) is 0 Å². The summed E-state index contributed by atoms with van der Waals surface area (Å²) in [6, 6.07) is 0. The van der Waals surface area contributed by atoms with Gasteiger partial charge < -0.3 is 10.2 Å². The van der Waals surface area contributed by atoms with Crippen molar-refractivity contribution in [3.63, 3.8) is 0 Å². The van der Waals surface area contributed by atoms with Crippen molar-refractivity contribution in [2.45, 2.75) is 53.4 Å². The van der Waals surface area contributed by atoms with E-state index in [1.165, 1.54) is 5.57 Å². The van der Waals surface area contributed by atoms with Crippen LogP contribution in [0, 0.1) is 28.1 Å². The number of ketones is 2. The smallest absolute Gasteiger partial charge is 0.202 e. The summed E-state index contributed by atoms with van der Waals surface area (Å²) in [5, 5.41) is 19.5. The van der Waals surface area contributed by atoms with Crippen LogP contribution in [0.2, 0.25) is 0 Å². The van der Waals surface area contributed by atoms with Crippen LogP contribution in [0.3, 0.4) is 0 Å². The molecule has 4 nitrogen and oxygen atoms in total. The molecule has 0 aromatic heterocycles. The summed E-state index contributed by atoms with van der Waals surface area (Å²) >= 11 is 0. The van der Waals surface area contributed by atoms with Gasteiger partial charge in [-0.2, -0.15) is 0 Å². The molecule has 0 radical (unpaired) electrons. The Balaban J connectivity index is 2.05. The van der Waals surface area contributed by atoms with Crippen molar-refractivity contribution in [2.75, 3.05) is 6.61 Å². The van der Waals surface area contributed by atoms with Crippen LogP contribution < -0.4 is 0 Å². The minimum Gasteiger partial charge on any atom is -0.505 e. The zero-order valence-corrected chi connectivity index (χ0v) is 15.1. The van der Waals surface area contributed by atoms with Crippen molar-refractivity contribution in [2.24, 2.45) is 28.1 Å². The van der Waals surface area contributed by atoms with Crippen LogP contribution >= 0.6 is 0 Å². The third-order valence-corrected chi connectivity index (χ3v) is 7.04. The van der Waals surface area contributed by atoms with Gasteiger partial charge in [-0.25, -0.2) is 0 Å². The molecule has 0 aliphatic heterocycles. The standard InChI is InChI=1S/C20H28O4/c1-18(2)15-6-5-12-9-19(3,16(23)11-21)8-7-13(12)20(15,4)10-14(22)17(18)24/h9-10,13,15,21-22H,5-8,11H2,1-4H3/t13-,15-,19+,20+/m0/s1. The van der Waals surface area contributed by atoms with E-state index in [1.807, 2.05) is 20.8 Å². The number of aliphatic hydroxyl groups excluding tert-OH is 2. The monoisotopic (exact) mass is 332 g/mol. The largest absolute Gasteiger partial charge is 0.505 e. The number of aliphatic hydroxyl groups is 2. The molecular weight excluding hydrogens is 304 g/mol. The molecule has 0 unspecified atom stereocenters. The van der Waals surface area contributed by atoms with Crippen LogP contribution in [-0.4, -0.2) is 28.4 Å². The predicted octanol–water partition coefficient (Wildman–Crippen LogP) is 3.36. The van der Waals surface area contributed by atoms with Gasteiger partial charge in [-0.15, -0.1) is 0 Å². The number of rotatable bonds is 2. The minimum atomic E-state index is -0.588. The summed E-state index contributed by atoms with van der Waals surface area (Å²) in [7, 11) is 0. The third-order valence-electron chi connectivity index (χ3n) is 7.04. The molecule has 4 atom stereocenters. The van der Waals surface area contributed by atoms with E-state index in [1.54, 1.807) is 6.08 Å². The molecule has 0 heterocycles. The van der Waals surface area contributed by atoms with E-state index in [4.69, 9.17) is 0 Å². The second-order valence-corrected chi connectivity index (χ2v) is 8.85. The Kier molecular flexibility index (Phi) is 3.83. The van der Waals surface area contributed by atoms with Crippen LogP contribution in [0.1, 0.15) is 53.4 Å². The second-order valence-electron chi connectivity index (χ2n) is 8.85. The van der Waals surface area contributed by atoms with Gasteiger partial charge in [0.1, 0.15) is 6.61 Å². The van der Waals surface area contributed by atoms with Gasteiger partial charge in [0.2, 0.25) is 5.78 Å². The van der Waals surface area contributed by atoms with Gasteiger partial charge in [0.25, 0.3) is 0 Å². The number of Topliss-reactive ketones (excluding diaryl/α,β-unsaturated/α-hetero) is 2. The molecule has 0 aromatic carbocycles. The fraction of sp³-hybridized carbons (Fsp3) is 0.700. The van der Waals surface area contributed by atoms with Crippen LogP contribution in [-0.2, 0) is 9.59 Å². The van der Waals surface area contributed by atoms with Gasteiger partial charge >= 0.3 is 0 Å². The van der Waals surface area contributed by atoms with Gasteiger partial charge in [-0.1, -0.05) is 32.4 Å². The number of carbonyl (C=O) groups is 2. The zero-order chi connectivity index (χ0) is 17.9. The maximum Gasteiger partial charge on any atom is 0.202 e. The highest BCUT2D eigenvalue weighted by Crippen LogP contribution is 2.61. The summed E-state index contributed by atoms with van der Waals surface area (Å²) in [5.41, 5.74) is -0.176. The average molecular weight is 332 g/mol. The van der Waals surface area contributed by atoms with E-state index in [2.05, 4.69) is 13.0 Å². The summed E-state index contributed by atoms with van der Waals surface area (Å²) in [4.78, 5) is 24.6. The first-order chi connectivity index (χ1) is 11.1. The average Bonchev–Trinajstić information content (AvgIpc) is 2.51. The van der Waals surface area contributed by atoms with Crippen LogP contribution in [0.15, 0.2) is 23.5 Å². The molecule has 4 heteroatoms. The molecule has 1 fully saturated rings. The normalized spacial score (nSPS) is 41.0. The van der Waals surface area contributed by atoms with E-state index in [-0.39, 0.29) is 34.6 Å². The lowest BCUT2D eigenvalue weighted by molar-refractivity contribution is -0.136. The van der Waals surface area contributed by atoms with Crippen molar-refractivity contribution in [3.8, 4) is 0 Å². The zero-order valence-electron chi connectivity index (χ0n) is 15.1. The number of hydrogen-bond donors (Lipinski definition) is 2. The molecule has 3 aliphatic rings. The minimum absolute atomic E-state index is 0.111. The van der Waals surface area contributed by atoms with E-state index in [0.29, 0.717) is 6.42 Å². The Morgan fingerprint density at radius 1 is 1.21 bits per heavy atom. The van der Waals surface area contributed by atoms with Crippen molar-refractivity contribution in [3.05, 3.63) is 23.5 Å². The maximum absolute atomic E-state index is 12.4. The van der Waals surface area contributed by atoms with Gasteiger partial charge in [-0.3, -0.25) is 9.59 Å². The molecule has 0 saturated heterocycles. The maximum atomic E-state index is 12.4. The Morgan fingerprint density at radius 3 is 2.50 bits per heavy atom. The van der Waals surface area contributed by atoms with E-state index >= 15 is 0 Å². The molecule has 0 amide bonds. The highest BCUT2D eigenvalue weighted by atomic mass is 16.3. The summed E-state index contributed by atoms with van der Waals surface area (Å²) in [6.45, 7) is 7.52. The second kappa shape index (κ2) is 5.29. The predicted molar refractivity (Wildman–Crippen MR) is 91.3 cm³/mol. The summed E-state index contributed by atoms with van der Waals surface area (Å²) in [5.74, 6) is 0.0327. The van der Waals surface area contributed by atoms with Gasteiger partial charge in [0.15, 0.2) is 11.5 Å².